The summed E-state index contributed by atoms with van der Waals surface area (Å²) in [6.07, 6.45) is 4.95. The summed E-state index contributed by atoms with van der Waals surface area (Å²) >= 11 is 3.55. The van der Waals surface area contributed by atoms with Gasteiger partial charge in [-0.25, -0.2) is 0 Å². The largest absolute Gasteiger partial charge is 0.497 e. The van der Waals surface area contributed by atoms with E-state index in [1.807, 2.05) is 24.3 Å². The van der Waals surface area contributed by atoms with Gasteiger partial charge in [0.1, 0.15) is 17.6 Å². The number of halogens is 1. The smallest absolute Gasteiger partial charge is 0.125 e. The quantitative estimate of drug-likeness (QED) is 0.288. The highest BCUT2D eigenvalue weighted by Gasteiger charge is 2.40. The van der Waals surface area contributed by atoms with Crippen LogP contribution in [-0.2, 0) is 6.54 Å². The van der Waals surface area contributed by atoms with Gasteiger partial charge in [-0.2, -0.15) is 0 Å². The number of nitrogens with zero attached hydrogens (tertiary/aromatic N) is 2. The van der Waals surface area contributed by atoms with Gasteiger partial charge in [-0.05, 0) is 79.7 Å². The lowest BCUT2D eigenvalue weighted by atomic mass is 9.77. The van der Waals surface area contributed by atoms with E-state index in [0.29, 0.717) is 5.41 Å². The van der Waals surface area contributed by atoms with Gasteiger partial charge in [0.05, 0.1) is 7.11 Å². The van der Waals surface area contributed by atoms with Gasteiger partial charge in [-0.1, -0.05) is 64.5 Å². The number of rotatable bonds is 9. The van der Waals surface area contributed by atoms with Crippen LogP contribution in [0.4, 0.5) is 0 Å². The molecule has 1 atom stereocenters. The maximum absolute atomic E-state index is 6.49. The number of likely N-dealkylation sites (tertiary alicyclic amines) is 2. The van der Waals surface area contributed by atoms with Crippen LogP contribution in [0.5, 0.6) is 11.5 Å². The van der Waals surface area contributed by atoms with Crippen LogP contribution in [0.25, 0.3) is 0 Å². The van der Waals surface area contributed by atoms with Gasteiger partial charge >= 0.3 is 0 Å². The summed E-state index contributed by atoms with van der Waals surface area (Å²) in [4.78, 5) is 5.31. The van der Waals surface area contributed by atoms with Gasteiger partial charge in [0.15, 0.2) is 0 Å². The van der Waals surface area contributed by atoms with Crippen molar-refractivity contribution in [1.29, 1.82) is 0 Å². The first-order valence-electron chi connectivity index (χ1n) is 13.2. The number of methoxy groups -OCH3 is 1. The molecule has 2 saturated heterocycles. The van der Waals surface area contributed by atoms with E-state index in [9.17, 15) is 0 Å². The number of ether oxygens (including phenoxy) is 2. The van der Waals surface area contributed by atoms with Crippen molar-refractivity contribution in [3.05, 3.63) is 94.5 Å². The van der Waals surface area contributed by atoms with Gasteiger partial charge in [-0.3, -0.25) is 4.90 Å². The fourth-order valence-corrected chi connectivity index (χ4v) is 6.03. The fraction of sp³-hybridized carbons (Fsp3) is 0.419. The summed E-state index contributed by atoms with van der Waals surface area (Å²) in [5.74, 6) is 1.68. The standard InChI is InChI=1S/C31H37BrN2O2/c1-35-28-8-5-9-29(22-28)36-30(26-6-3-2-4-7-26)14-18-33-19-15-31(16-20-33)17-21-34(24-31)23-25-10-12-27(32)13-11-25/h2-13,22,30H,14-21,23-24H2,1H3. The first-order chi connectivity index (χ1) is 17.6. The van der Waals surface area contributed by atoms with Crippen LogP contribution in [0.3, 0.4) is 0 Å². The monoisotopic (exact) mass is 548 g/mol. The van der Waals surface area contributed by atoms with E-state index in [2.05, 4.69) is 80.3 Å². The summed E-state index contributed by atoms with van der Waals surface area (Å²) in [7, 11) is 1.70. The second-order valence-corrected chi connectivity index (χ2v) is 11.3. The Labute approximate surface area is 224 Å². The van der Waals surface area contributed by atoms with Gasteiger partial charge in [-0.15, -0.1) is 0 Å². The Morgan fingerprint density at radius 2 is 1.53 bits per heavy atom. The zero-order valence-corrected chi connectivity index (χ0v) is 22.8. The number of benzene rings is 3. The Bertz CT molecular complexity index is 1100. The summed E-state index contributed by atoms with van der Waals surface area (Å²) in [5, 5.41) is 0. The zero-order valence-electron chi connectivity index (χ0n) is 21.2. The van der Waals surface area contributed by atoms with E-state index >= 15 is 0 Å². The molecule has 2 heterocycles. The third-order valence-corrected chi connectivity index (χ3v) is 8.48. The number of piperidine rings is 1. The third kappa shape index (κ3) is 6.50. The van der Waals surface area contributed by atoms with E-state index in [1.54, 1.807) is 7.11 Å². The van der Waals surface area contributed by atoms with E-state index in [0.717, 1.165) is 35.5 Å². The molecular weight excluding hydrogens is 512 g/mol. The molecule has 2 aliphatic rings. The van der Waals surface area contributed by atoms with Crippen molar-refractivity contribution in [3.8, 4) is 11.5 Å². The van der Waals surface area contributed by atoms with Crippen molar-refractivity contribution >= 4 is 15.9 Å². The molecule has 4 nitrogen and oxygen atoms in total. The molecule has 3 aromatic carbocycles. The van der Waals surface area contributed by atoms with E-state index in [4.69, 9.17) is 9.47 Å². The van der Waals surface area contributed by atoms with Crippen molar-refractivity contribution in [2.24, 2.45) is 5.41 Å². The molecule has 0 saturated carbocycles. The van der Waals surface area contributed by atoms with Crippen LogP contribution in [0, 0.1) is 5.41 Å². The second-order valence-electron chi connectivity index (χ2n) is 10.4. The third-order valence-electron chi connectivity index (χ3n) is 7.95. The lowest BCUT2D eigenvalue weighted by Crippen LogP contribution is -2.42. The van der Waals surface area contributed by atoms with E-state index in [-0.39, 0.29) is 6.10 Å². The molecule has 2 aliphatic heterocycles. The fourth-order valence-electron chi connectivity index (χ4n) is 5.77. The number of hydrogen-bond acceptors (Lipinski definition) is 4. The molecule has 0 bridgehead atoms. The molecule has 3 aromatic rings. The van der Waals surface area contributed by atoms with Crippen LogP contribution < -0.4 is 9.47 Å². The maximum Gasteiger partial charge on any atom is 0.125 e. The van der Waals surface area contributed by atoms with Gasteiger partial charge in [0.2, 0.25) is 0 Å². The zero-order chi connectivity index (χ0) is 24.8. The summed E-state index contributed by atoms with van der Waals surface area (Å²) in [5.41, 5.74) is 3.14. The van der Waals surface area contributed by atoms with Crippen LogP contribution in [0.2, 0.25) is 0 Å². The predicted octanol–water partition coefficient (Wildman–Crippen LogP) is 6.96. The summed E-state index contributed by atoms with van der Waals surface area (Å²) < 4.78 is 13.0. The Morgan fingerprint density at radius 3 is 2.25 bits per heavy atom. The van der Waals surface area contributed by atoms with E-state index < -0.39 is 0 Å². The Morgan fingerprint density at radius 1 is 0.833 bits per heavy atom. The normalized spacial score (nSPS) is 18.8. The predicted molar refractivity (Wildman–Crippen MR) is 150 cm³/mol. The average molecular weight is 550 g/mol. The van der Waals surface area contributed by atoms with Crippen molar-refractivity contribution in [2.75, 3.05) is 39.8 Å². The summed E-state index contributed by atoms with van der Waals surface area (Å²) in [6.45, 7) is 6.96. The Kier molecular flexibility index (Phi) is 8.30. The Balaban J connectivity index is 1.14. The highest BCUT2D eigenvalue weighted by atomic mass is 79.9. The minimum Gasteiger partial charge on any atom is -0.497 e. The molecule has 2 fully saturated rings. The van der Waals surface area contributed by atoms with Crippen LogP contribution in [0.15, 0.2) is 83.3 Å². The van der Waals surface area contributed by atoms with Crippen LogP contribution in [0.1, 0.15) is 42.9 Å². The summed E-state index contributed by atoms with van der Waals surface area (Å²) in [6, 6.07) is 27.3. The maximum atomic E-state index is 6.49. The minimum absolute atomic E-state index is 0.0297. The lowest BCUT2D eigenvalue weighted by Gasteiger charge is -2.40. The molecule has 1 unspecified atom stereocenters. The van der Waals surface area contributed by atoms with Gasteiger partial charge < -0.3 is 14.4 Å². The minimum atomic E-state index is 0.0297. The molecule has 0 N–H and O–H groups in total. The topological polar surface area (TPSA) is 24.9 Å². The molecule has 0 aromatic heterocycles. The molecule has 0 amide bonds. The van der Waals surface area contributed by atoms with Crippen molar-refractivity contribution in [3.63, 3.8) is 0 Å². The molecule has 5 heteroatoms. The van der Waals surface area contributed by atoms with Crippen LogP contribution >= 0.6 is 15.9 Å². The van der Waals surface area contributed by atoms with Crippen molar-refractivity contribution < 1.29 is 9.47 Å². The molecule has 0 aliphatic carbocycles. The molecule has 190 valence electrons. The highest BCUT2D eigenvalue weighted by Crippen LogP contribution is 2.41. The molecule has 5 rings (SSSR count). The molecular formula is C31H37BrN2O2. The molecule has 1 spiro atoms. The molecule has 36 heavy (non-hydrogen) atoms. The van der Waals surface area contributed by atoms with Crippen LogP contribution in [-0.4, -0.2) is 49.6 Å². The SMILES string of the molecule is COc1cccc(OC(CCN2CCC3(CC2)CCN(Cc2ccc(Br)cc2)C3)c2ccccc2)c1. The lowest BCUT2D eigenvalue weighted by molar-refractivity contribution is 0.0915. The van der Waals surface area contributed by atoms with E-state index in [1.165, 1.54) is 56.6 Å². The highest BCUT2D eigenvalue weighted by molar-refractivity contribution is 9.10. The first-order valence-corrected chi connectivity index (χ1v) is 13.9. The van der Waals surface area contributed by atoms with Crippen molar-refractivity contribution in [1.82, 2.24) is 9.80 Å². The number of hydrogen-bond donors (Lipinski definition) is 0. The first kappa shape index (κ1) is 25.3. The Hall–Kier alpha value is -2.34. The van der Waals surface area contributed by atoms with Crippen molar-refractivity contribution in [2.45, 2.75) is 38.3 Å². The molecule has 0 radical (unpaired) electrons. The average Bonchev–Trinajstić information content (AvgIpc) is 3.31. The second kappa shape index (κ2) is 11.8. The van der Waals surface area contributed by atoms with Gasteiger partial charge in [0.25, 0.3) is 0 Å². The van der Waals surface area contributed by atoms with Gasteiger partial charge in [0, 0.05) is 36.6 Å².